The Morgan fingerprint density at radius 1 is 1.05 bits per heavy atom. The molecular weight excluding hydrogens is 332 g/mol. The smallest absolute Gasteiger partial charge is 0.335 e. The molecule has 122 valence electrons. The average molecular weight is 361 g/mol. The van der Waals surface area contributed by atoms with Crippen LogP contribution in [0, 0.1) is 11.8 Å². The lowest BCUT2D eigenvalue weighted by atomic mass is 10.2. The molecule has 3 nitrogen and oxygen atoms in total. The van der Waals surface area contributed by atoms with Gasteiger partial charge in [-0.15, -0.1) is 11.8 Å². The molecule has 0 saturated heterocycles. The Balaban J connectivity index is 3.69. The van der Waals surface area contributed by atoms with Crippen LogP contribution in [0.2, 0.25) is 0 Å². The fourth-order valence-corrected chi connectivity index (χ4v) is 2.12. The molecule has 0 radical (unpaired) electrons. The average Bonchev–Trinajstić information content (AvgIpc) is 2.50. The quantitative estimate of drug-likeness (QED) is 0.223. The van der Waals surface area contributed by atoms with E-state index in [9.17, 15) is 4.79 Å². The first kappa shape index (κ1) is 20.5. The molecule has 1 unspecified atom stereocenters. The molecule has 0 aromatic carbocycles. The predicted octanol–water partition coefficient (Wildman–Crippen LogP) is 4.47. The Labute approximate surface area is 138 Å². The van der Waals surface area contributed by atoms with Gasteiger partial charge >= 0.3 is 5.97 Å². The van der Waals surface area contributed by atoms with E-state index in [-0.39, 0.29) is 5.97 Å². The highest BCUT2D eigenvalue weighted by atomic mass is 79.9. The number of unbranched alkanes of at least 4 members (excludes halogenated alkanes) is 4. The normalized spacial score (nSPS) is 11.6. The van der Waals surface area contributed by atoms with Crippen molar-refractivity contribution in [1.29, 1.82) is 0 Å². The Bertz CT molecular complexity index is 307. The van der Waals surface area contributed by atoms with Crippen LogP contribution in [-0.4, -0.2) is 30.6 Å². The predicted molar refractivity (Wildman–Crippen MR) is 90.6 cm³/mol. The van der Waals surface area contributed by atoms with Gasteiger partial charge in [0.05, 0.1) is 13.2 Å². The topological polar surface area (TPSA) is 35.5 Å². The molecule has 4 heteroatoms. The van der Waals surface area contributed by atoms with Gasteiger partial charge in [0.15, 0.2) is 6.10 Å². The number of esters is 1. The van der Waals surface area contributed by atoms with Crippen molar-refractivity contribution in [2.75, 3.05) is 18.5 Å². The van der Waals surface area contributed by atoms with Crippen LogP contribution >= 0.6 is 15.9 Å². The minimum absolute atomic E-state index is 0.237. The van der Waals surface area contributed by atoms with E-state index in [1.165, 1.54) is 12.8 Å². The summed E-state index contributed by atoms with van der Waals surface area (Å²) in [6.45, 7) is 5.03. The summed E-state index contributed by atoms with van der Waals surface area (Å²) >= 11 is 3.40. The summed E-state index contributed by atoms with van der Waals surface area (Å²) in [5, 5.41) is 1.04. The molecule has 1 atom stereocenters. The number of hydrogen-bond acceptors (Lipinski definition) is 3. The molecule has 0 aliphatic heterocycles. The van der Waals surface area contributed by atoms with Crippen LogP contribution in [-0.2, 0) is 14.3 Å². The van der Waals surface area contributed by atoms with E-state index in [4.69, 9.17) is 9.47 Å². The second-order valence-corrected chi connectivity index (χ2v) is 5.68. The zero-order valence-corrected chi connectivity index (χ0v) is 15.0. The molecule has 0 bridgehead atoms. The van der Waals surface area contributed by atoms with Crippen LogP contribution < -0.4 is 0 Å². The van der Waals surface area contributed by atoms with E-state index >= 15 is 0 Å². The highest BCUT2D eigenvalue weighted by molar-refractivity contribution is 9.09. The summed E-state index contributed by atoms with van der Waals surface area (Å²) in [6.07, 6.45) is 7.26. The van der Waals surface area contributed by atoms with Crippen molar-refractivity contribution in [1.82, 2.24) is 0 Å². The van der Waals surface area contributed by atoms with Gasteiger partial charge in [-0.1, -0.05) is 42.6 Å². The van der Waals surface area contributed by atoms with Crippen molar-refractivity contribution in [3.63, 3.8) is 0 Å². The Morgan fingerprint density at radius 2 is 1.76 bits per heavy atom. The van der Waals surface area contributed by atoms with Gasteiger partial charge in [0.25, 0.3) is 0 Å². The molecule has 21 heavy (non-hydrogen) atoms. The van der Waals surface area contributed by atoms with Crippen LogP contribution in [0.25, 0.3) is 0 Å². The van der Waals surface area contributed by atoms with Crippen molar-refractivity contribution in [3.05, 3.63) is 0 Å². The second-order valence-electron chi connectivity index (χ2n) is 4.89. The van der Waals surface area contributed by atoms with E-state index < -0.39 is 6.10 Å². The van der Waals surface area contributed by atoms with Crippen LogP contribution in [0.15, 0.2) is 0 Å². The van der Waals surface area contributed by atoms with E-state index in [0.29, 0.717) is 26.1 Å². The van der Waals surface area contributed by atoms with Gasteiger partial charge in [-0.05, 0) is 25.7 Å². The second kappa shape index (κ2) is 15.9. The number of carbonyl (C=O) groups excluding carboxylic acids is 1. The highest BCUT2D eigenvalue weighted by Gasteiger charge is 2.17. The van der Waals surface area contributed by atoms with Crippen molar-refractivity contribution in [2.24, 2.45) is 0 Å². The first-order valence-corrected chi connectivity index (χ1v) is 9.18. The number of halogens is 1. The third kappa shape index (κ3) is 12.9. The van der Waals surface area contributed by atoms with E-state index in [0.717, 1.165) is 31.0 Å². The maximum Gasteiger partial charge on any atom is 0.335 e. The minimum Gasteiger partial charge on any atom is -0.464 e. The van der Waals surface area contributed by atoms with Crippen molar-refractivity contribution < 1.29 is 14.3 Å². The fourth-order valence-electron chi connectivity index (χ4n) is 1.72. The molecule has 0 fully saturated rings. The number of ether oxygens (including phenoxy) is 2. The molecule has 0 rings (SSSR count). The molecule has 0 aliphatic rings. The summed E-state index contributed by atoms with van der Waals surface area (Å²) in [6, 6.07) is 0. The largest absolute Gasteiger partial charge is 0.464 e. The Morgan fingerprint density at radius 3 is 2.43 bits per heavy atom. The van der Waals surface area contributed by atoms with Crippen molar-refractivity contribution in [2.45, 2.75) is 71.3 Å². The van der Waals surface area contributed by atoms with E-state index in [1.807, 2.05) is 6.92 Å². The molecule has 0 aliphatic carbocycles. The standard InChI is InChI=1S/C17H29BrO3/c1-3-5-6-8-11-14-20-16(4-2)17(19)21-15-12-9-7-10-13-18/h16H,3-5,7,9-15H2,1-2H3. The third-order valence-corrected chi connectivity index (χ3v) is 3.51. The van der Waals surface area contributed by atoms with Crippen LogP contribution in [0.3, 0.4) is 0 Å². The van der Waals surface area contributed by atoms with Crippen molar-refractivity contribution in [3.8, 4) is 11.8 Å². The van der Waals surface area contributed by atoms with Gasteiger partial charge in [-0.2, -0.15) is 0 Å². The fraction of sp³-hybridized carbons (Fsp3) is 0.824. The summed E-state index contributed by atoms with van der Waals surface area (Å²) < 4.78 is 10.8. The number of hydrogen-bond donors (Lipinski definition) is 0. The van der Waals surface area contributed by atoms with Gasteiger partial charge in [0.1, 0.15) is 0 Å². The lowest BCUT2D eigenvalue weighted by Crippen LogP contribution is -2.26. The van der Waals surface area contributed by atoms with Crippen molar-refractivity contribution >= 4 is 21.9 Å². The molecule has 0 N–H and O–H groups in total. The van der Waals surface area contributed by atoms with E-state index in [2.05, 4.69) is 34.7 Å². The number of carbonyl (C=O) groups is 1. The maximum atomic E-state index is 11.8. The summed E-state index contributed by atoms with van der Waals surface area (Å²) in [7, 11) is 0. The third-order valence-electron chi connectivity index (χ3n) is 2.95. The van der Waals surface area contributed by atoms with Crippen LogP contribution in [0.1, 0.15) is 65.2 Å². The molecule has 0 amide bonds. The van der Waals surface area contributed by atoms with Gasteiger partial charge in [0.2, 0.25) is 0 Å². The number of rotatable bonds is 12. The molecule has 0 spiro atoms. The van der Waals surface area contributed by atoms with E-state index in [1.54, 1.807) is 0 Å². The molecule has 0 aromatic rings. The Kier molecular flexibility index (Phi) is 15.5. The molecular formula is C17H29BrO3. The Hall–Kier alpha value is -0.530. The molecule has 0 aromatic heterocycles. The molecule has 0 heterocycles. The van der Waals surface area contributed by atoms with Gasteiger partial charge in [-0.3, -0.25) is 0 Å². The lowest BCUT2D eigenvalue weighted by molar-refractivity contribution is -0.157. The zero-order chi connectivity index (χ0) is 15.8. The van der Waals surface area contributed by atoms with Gasteiger partial charge in [0, 0.05) is 18.2 Å². The molecule has 0 saturated carbocycles. The summed E-state index contributed by atoms with van der Waals surface area (Å²) in [5.74, 6) is 5.87. The maximum absolute atomic E-state index is 11.8. The zero-order valence-electron chi connectivity index (χ0n) is 13.5. The highest BCUT2D eigenvalue weighted by Crippen LogP contribution is 2.05. The monoisotopic (exact) mass is 360 g/mol. The van der Waals surface area contributed by atoms with Crippen LogP contribution in [0.4, 0.5) is 0 Å². The summed E-state index contributed by atoms with van der Waals surface area (Å²) in [5.41, 5.74) is 0. The SMILES string of the molecule is CCCC#CCCOC(CC)C(=O)OCCCCCCBr. The minimum atomic E-state index is -0.444. The lowest BCUT2D eigenvalue weighted by Gasteiger charge is -2.14. The first-order chi connectivity index (χ1) is 10.3. The summed E-state index contributed by atoms with van der Waals surface area (Å²) in [4.78, 5) is 11.8. The van der Waals surface area contributed by atoms with Gasteiger partial charge in [-0.25, -0.2) is 4.79 Å². The first-order valence-electron chi connectivity index (χ1n) is 8.06. The van der Waals surface area contributed by atoms with Gasteiger partial charge < -0.3 is 9.47 Å². The van der Waals surface area contributed by atoms with Crippen LogP contribution in [0.5, 0.6) is 0 Å². The number of alkyl halides is 1.